The van der Waals surface area contributed by atoms with Crippen molar-refractivity contribution in [3.63, 3.8) is 0 Å². The molecular formula is C18H24N4O2. The molecule has 2 aromatic rings. The monoisotopic (exact) mass is 328 g/mol. The first-order valence-corrected chi connectivity index (χ1v) is 8.96. The summed E-state index contributed by atoms with van der Waals surface area (Å²) in [5, 5.41) is 8.32. The molecule has 0 spiro atoms. The highest BCUT2D eigenvalue weighted by Gasteiger charge is 2.31. The van der Waals surface area contributed by atoms with Crippen molar-refractivity contribution in [3.8, 4) is 0 Å². The molecule has 2 aliphatic rings. The summed E-state index contributed by atoms with van der Waals surface area (Å²) in [6, 6.07) is 2.23. The molecule has 6 nitrogen and oxygen atoms in total. The molecule has 1 saturated carbocycles. The number of pyridine rings is 1. The summed E-state index contributed by atoms with van der Waals surface area (Å²) in [7, 11) is 1.90. The van der Waals surface area contributed by atoms with Crippen molar-refractivity contribution in [3.05, 3.63) is 23.0 Å². The van der Waals surface area contributed by atoms with E-state index in [-0.39, 0.29) is 11.9 Å². The lowest BCUT2D eigenvalue weighted by Crippen LogP contribution is -2.38. The fraction of sp³-hybridized carbons (Fsp3) is 0.611. The van der Waals surface area contributed by atoms with Gasteiger partial charge in [0, 0.05) is 31.2 Å². The summed E-state index contributed by atoms with van der Waals surface area (Å²) < 4.78 is 5.47. The number of hydrogen-bond acceptors (Lipinski definition) is 5. The molecule has 3 heterocycles. The molecule has 2 aromatic heterocycles. The van der Waals surface area contributed by atoms with Crippen LogP contribution in [-0.2, 0) is 6.42 Å². The van der Waals surface area contributed by atoms with Gasteiger partial charge in [-0.3, -0.25) is 4.79 Å². The van der Waals surface area contributed by atoms with Crippen LogP contribution in [0.15, 0.2) is 10.6 Å². The Labute approximate surface area is 141 Å². The van der Waals surface area contributed by atoms with E-state index in [9.17, 15) is 4.79 Å². The molecule has 0 radical (unpaired) electrons. The molecule has 4 rings (SSSR count). The summed E-state index contributed by atoms with van der Waals surface area (Å²) in [4.78, 5) is 19.7. The van der Waals surface area contributed by atoms with E-state index in [4.69, 9.17) is 4.52 Å². The normalized spacial score (nSPS) is 20.7. The van der Waals surface area contributed by atoms with Crippen molar-refractivity contribution in [1.29, 1.82) is 0 Å². The zero-order chi connectivity index (χ0) is 16.7. The number of amides is 1. The second-order valence-corrected chi connectivity index (χ2v) is 6.99. The van der Waals surface area contributed by atoms with E-state index in [0.717, 1.165) is 62.0 Å². The van der Waals surface area contributed by atoms with Gasteiger partial charge in [-0.1, -0.05) is 18.5 Å². The molecule has 1 saturated heterocycles. The van der Waals surface area contributed by atoms with Gasteiger partial charge in [-0.05, 0) is 38.3 Å². The first kappa shape index (κ1) is 15.6. The number of nitrogens with zero attached hydrogens (tertiary/aromatic N) is 3. The summed E-state index contributed by atoms with van der Waals surface area (Å²) in [5.41, 5.74) is 3.05. The van der Waals surface area contributed by atoms with Gasteiger partial charge in [-0.15, -0.1) is 0 Å². The number of carbonyl (C=O) groups is 1. The molecule has 6 heteroatoms. The predicted molar refractivity (Wildman–Crippen MR) is 91.1 cm³/mol. The van der Waals surface area contributed by atoms with Gasteiger partial charge < -0.3 is 14.7 Å². The van der Waals surface area contributed by atoms with Crippen LogP contribution < -0.4 is 5.32 Å². The van der Waals surface area contributed by atoms with Gasteiger partial charge in [-0.25, -0.2) is 4.98 Å². The highest BCUT2D eigenvalue weighted by atomic mass is 16.5. The summed E-state index contributed by atoms with van der Waals surface area (Å²) in [6.45, 7) is 3.93. The van der Waals surface area contributed by atoms with Crippen molar-refractivity contribution in [2.24, 2.45) is 0 Å². The van der Waals surface area contributed by atoms with Crippen LogP contribution in [0.3, 0.4) is 0 Å². The third-order valence-corrected chi connectivity index (χ3v) is 5.15. The second kappa shape index (κ2) is 6.16. The highest BCUT2D eigenvalue weighted by Crippen LogP contribution is 2.40. The summed E-state index contributed by atoms with van der Waals surface area (Å²) in [6.07, 6.45) is 5.04. The van der Waals surface area contributed by atoms with Gasteiger partial charge >= 0.3 is 0 Å². The van der Waals surface area contributed by atoms with Crippen LogP contribution in [0.2, 0.25) is 0 Å². The first-order chi connectivity index (χ1) is 11.7. The van der Waals surface area contributed by atoms with Gasteiger partial charge in [0.1, 0.15) is 0 Å². The molecule has 0 bridgehead atoms. The van der Waals surface area contributed by atoms with E-state index < -0.39 is 0 Å². The fourth-order valence-corrected chi connectivity index (χ4v) is 3.52. The van der Waals surface area contributed by atoms with Crippen molar-refractivity contribution in [2.75, 3.05) is 20.1 Å². The standard InChI is InChI=1S/C18H24N4O2/c1-3-4-14-16-13(18(23)22(2)12-7-8-19-10-12)9-15(11-5-6-11)20-17(16)24-21-14/h9,11-12,19H,3-8,10H2,1-2H3. The van der Waals surface area contributed by atoms with Crippen LogP contribution >= 0.6 is 0 Å². The molecule has 1 amide bonds. The Morgan fingerprint density at radius 3 is 2.92 bits per heavy atom. The van der Waals surface area contributed by atoms with E-state index in [1.54, 1.807) is 0 Å². The lowest BCUT2D eigenvalue weighted by Gasteiger charge is -2.24. The molecule has 1 aliphatic carbocycles. The van der Waals surface area contributed by atoms with Crippen molar-refractivity contribution in [2.45, 2.75) is 51.0 Å². The van der Waals surface area contributed by atoms with Crippen LogP contribution in [0, 0.1) is 0 Å². The van der Waals surface area contributed by atoms with Crippen LogP contribution in [0.1, 0.15) is 60.3 Å². The third kappa shape index (κ3) is 2.69. The van der Waals surface area contributed by atoms with Gasteiger partial charge in [0.25, 0.3) is 11.6 Å². The third-order valence-electron chi connectivity index (χ3n) is 5.15. The minimum absolute atomic E-state index is 0.0542. The minimum atomic E-state index is 0.0542. The quantitative estimate of drug-likeness (QED) is 0.913. The molecule has 1 aliphatic heterocycles. The van der Waals surface area contributed by atoms with Crippen molar-refractivity contribution < 1.29 is 9.32 Å². The number of rotatable bonds is 5. The number of nitrogens with one attached hydrogen (secondary N) is 1. The minimum Gasteiger partial charge on any atom is -0.337 e. The van der Waals surface area contributed by atoms with E-state index in [1.165, 1.54) is 0 Å². The summed E-state index contributed by atoms with van der Waals surface area (Å²) in [5.74, 6) is 0.526. The van der Waals surface area contributed by atoms with Gasteiger partial charge in [-0.2, -0.15) is 0 Å². The number of aromatic nitrogens is 2. The molecule has 1 N–H and O–H groups in total. The van der Waals surface area contributed by atoms with Crippen molar-refractivity contribution >= 4 is 17.0 Å². The fourth-order valence-electron chi connectivity index (χ4n) is 3.52. The van der Waals surface area contributed by atoms with E-state index in [1.807, 2.05) is 18.0 Å². The van der Waals surface area contributed by atoms with Gasteiger partial charge in [0.15, 0.2) is 0 Å². The molecule has 128 valence electrons. The van der Waals surface area contributed by atoms with Crippen LogP contribution in [0.25, 0.3) is 11.1 Å². The molecule has 0 aromatic carbocycles. The highest BCUT2D eigenvalue weighted by molar-refractivity contribution is 6.06. The SMILES string of the molecule is CCCc1noc2nc(C3CC3)cc(C(=O)N(C)C3CCNC3)c12. The number of likely N-dealkylation sites (N-methyl/N-ethyl adjacent to an activating group) is 1. The Morgan fingerprint density at radius 1 is 1.42 bits per heavy atom. The largest absolute Gasteiger partial charge is 0.337 e. The number of fused-ring (bicyclic) bond motifs is 1. The maximum atomic E-state index is 13.2. The van der Waals surface area contributed by atoms with E-state index in [0.29, 0.717) is 17.2 Å². The maximum Gasteiger partial charge on any atom is 0.259 e. The average Bonchev–Trinajstić information content (AvgIpc) is 3.15. The molecule has 24 heavy (non-hydrogen) atoms. The Balaban J connectivity index is 1.78. The van der Waals surface area contributed by atoms with E-state index >= 15 is 0 Å². The topological polar surface area (TPSA) is 71.3 Å². The Kier molecular flexibility index (Phi) is 4.00. The zero-order valence-electron chi connectivity index (χ0n) is 14.3. The van der Waals surface area contributed by atoms with E-state index in [2.05, 4.69) is 22.4 Å². The average molecular weight is 328 g/mol. The second-order valence-electron chi connectivity index (χ2n) is 6.99. The molecule has 1 atom stereocenters. The van der Waals surface area contributed by atoms with Crippen molar-refractivity contribution in [1.82, 2.24) is 20.4 Å². The number of hydrogen-bond donors (Lipinski definition) is 1. The van der Waals surface area contributed by atoms with Crippen LogP contribution in [-0.4, -0.2) is 47.1 Å². The number of aryl methyl sites for hydroxylation is 1. The van der Waals surface area contributed by atoms with Crippen LogP contribution in [0.5, 0.6) is 0 Å². The maximum absolute atomic E-state index is 13.2. The summed E-state index contributed by atoms with van der Waals surface area (Å²) >= 11 is 0. The Bertz CT molecular complexity index is 760. The smallest absolute Gasteiger partial charge is 0.259 e. The molecule has 1 unspecified atom stereocenters. The molecular weight excluding hydrogens is 304 g/mol. The van der Waals surface area contributed by atoms with Gasteiger partial charge in [0.05, 0.1) is 16.6 Å². The van der Waals surface area contributed by atoms with Gasteiger partial charge in [0.2, 0.25) is 0 Å². The Hall–Kier alpha value is -1.95. The predicted octanol–water partition coefficient (Wildman–Crippen LogP) is 2.49. The zero-order valence-corrected chi connectivity index (χ0v) is 14.3. The lowest BCUT2D eigenvalue weighted by atomic mass is 10.0. The van der Waals surface area contributed by atoms with Crippen LogP contribution in [0.4, 0.5) is 0 Å². The molecule has 2 fully saturated rings. The lowest BCUT2D eigenvalue weighted by molar-refractivity contribution is 0.0745. The number of carbonyl (C=O) groups excluding carboxylic acids is 1. The first-order valence-electron chi connectivity index (χ1n) is 8.96. The Morgan fingerprint density at radius 2 is 2.25 bits per heavy atom.